The summed E-state index contributed by atoms with van der Waals surface area (Å²) in [5.41, 5.74) is 1.84. The normalized spacial score (nSPS) is 10.1. The smallest absolute Gasteiger partial charge is 0.489 e. The van der Waals surface area contributed by atoms with E-state index in [-0.39, 0.29) is 0 Å². The van der Waals surface area contributed by atoms with Crippen molar-refractivity contribution < 1.29 is 14.4 Å². The van der Waals surface area contributed by atoms with Crippen LogP contribution in [0.15, 0.2) is 54.6 Å². The molecule has 0 aliphatic heterocycles. The topological polar surface area (TPSA) is 38.7 Å². The molecule has 0 bridgehead atoms. The second-order valence-electron chi connectivity index (χ2n) is 3.93. The Kier molecular flexibility index (Phi) is 4.39. The molecule has 0 spiro atoms. The van der Waals surface area contributed by atoms with Gasteiger partial charge in [-0.05, 0) is 23.2 Å². The summed E-state index contributed by atoms with van der Waals surface area (Å²) in [4.78, 5) is 0. The molecule has 2 aromatic carbocycles. The van der Waals surface area contributed by atoms with Crippen molar-refractivity contribution in [3.05, 3.63) is 60.2 Å². The second-order valence-corrected chi connectivity index (χ2v) is 3.93. The van der Waals surface area contributed by atoms with Gasteiger partial charge in [-0.25, -0.2) is 0 Å². The molecular weight excluding hydrogens is 227 g/mol. The van der Waals surface area contributed by atoms with Crippen LogP contribution in [-0.4, -0.2) is 19.3 Å². The molecule has 0 aliphatic carbocycles. The lowest BCUT2D eigenvalue weighted by molar-refractivity contribution is 0.306. The summed E-state index contributed by atoms with van der Waals surface area (Å²) in [7, 11) is 0.581. The molecule has 4 heteroatoms. The molecule has 0 atom stereocenters. The minimum Gasteiger partial charge on any atom is -0.489 e. The first-order valence-corrected chi connectivity index (χ1v) is 5.77. The number of ether oxygens (including phenoxy) is 1. The maximum atomic E-state index is 9.47. The van der Waals surface area contributed by atoms with Crippen LogP contribution in [0.25, 0.3) is 0 Å². The SMILES string of the molecule is COB(O)c1ccc(OCc2ccccc2)cc1. The predicted molar refractivity (Wildman–Crippen MR) is 71.8 cm³/mol. The van der Waals surface area contributed by atoms with E-state index in [1.54, 1.807) is 12.1 Å². The molecule has 0 saturated carbocycles. The van der Waals surface area contributed by atoms with E-state index in [1.165, 1.54) is 7.11 Å². The predicted octanol–water partition coefficient (Wildman–Crippen LogP) is 1.60. The Bertz CT molecular complexity index is 470. The van der Waals surface area contributed by atoms with E-state index in [9.17, 15) is 5.02 Å². The third-order valence-electron chi connectivity index (χ3n) is 2.64. The van der Waals surface area contributed by atoms with Gasteiger partial charge in [0.2, 0.25) is 0 Å². The summed E-state index contributed by atoms with van der Waals surface area (Å²) in [6, 6.07) is 17.2. The largest absolute Gasteiger partial charge is 0.490 e. The maximum absolute atomic E-state index is 9.47. The number of benzene rings is 2. The van der Waals surface area contributed by atoms with Gasteiger partial charge < -0.3 is 14.4 Å². The van der Waals surface area contributed by atoms with E-state index in [0.717, 1.165) is 11.3 Å². The van der Waals surface area contributed by atoms with E-state index in [4.69, 9.17) is 9.39 Å². The van der Waals surface area contributed by atoms with Gasteiger partial charge in [0.1, 0.15) is 12.4 Å². The fourth-order valence-corrected chi connectivity index (χ4v) is 1.61. The van der Waals surface area contributed by atoms with Crippen molar-refractivity contribution in [1.29, 1.82) is 0 Å². The molecule has 0 fully saturated rings. The van der Waals surface area contributed by atoms with Crippen LogP contribution in [0.1, 0.15) is 5.56 Å². The number of hydrogen-bond donors (Lipinski definition) is 1. The third-order valence-corrected chi connectivity index (χ3v) is 2.64. The highest BCUT2D eigenvalue weighted by molar-refractivity contribution is 6.59. The van der Waals surface area contributed by atoms with Crippen LogP contribution < -0.4 is 10.2 Å². The zero-order chi connectivity index (χ0) is 12.8. The molecule has 3 nitrogen and oxygen atoms in total. The van der Waals surface area contributed by atoms with Crippen molar-refractivity contribution >= 4 is 12.6 Å². The first kappa shape index (κ1) is 12.7. The van der Waals surface area contributed by atoms with Crippen molar-refractivity contribution in [3.8, 4) is 5.75 Å². The van der Waals surface area contributed by atoms with E-state index >= 15 is 0 Å². The minimum absolute atomic E-state index is 0.535. The van der Waals surface area contributed by atoms with Gasteiger partial charge in [0.25, 0.3) is 0 Å². The molecule has 0 aliphatic rings. The summed E-state index contributed by atoms with van der Waals surface area (Å²) < 4.78 is 10.5. The molecule has 2 aromatic rings. The molecule has 2 rings (SSSR count). The van der Waals surface area contributed by atoms with Crippen LogP contribution in [-0.2, 0) is 11.3 Å². The second kappa shape index (κ2) is 6.24. The molecular formula is C14H15BO3. The summed E-state index contributed by atoms with van der Waals surface area (Å²) >= 11 is 0. The Morgan fingerprint density at radius 3 is 2.28 bits per heavy atom. The highest BCUT2D eigenvalue weighted by atomic mass is 16.5. The maximum Gasteiger partial charge on any atom is 0.490 e. The van der Waals surface area contributed by atoms with Crippen molar-refractivity contribution in [2.45, 2.75) is 6.61 Å². The summed E-state index contributed by atoms with van der Waals surface area (Å²) in [5, 5.41) is 9.47. The monoisotopic (exact) mass is 242 g/mol. The third kappa shape index (κ3) is 3.36. The quantitative estimate of drug-likeness (QED) is 0.809. The average molecular weight is 242 g/mol. The first-order valence-electron chi connectivity index (χ1n) is 5.77. The fraction of sp³-hybridized carbons (Fsp3) is 0.143. The molecule has 0 saturated heterocycles. The molecule has 0 aromatic heterocycles. The van der Waals surface area contributed by atoms with E-state index < -0.39 is 7.12 Å². The van der Waals surface area contributed by atoms with Crippen molar-refractivity contribution in [2.75, 3.05) is 7.11 Å². The van der Waals surface area contributed by atoms with Gasteiger partial charge in [-0.3, -0.25) is 0 Å². The van der Waals surface area contributed by atoms with Gasteiger partial charge in [-0.15, -0.1) is 0 Å². The molecule has 0 radical (unpaired) electrons. The Morgan fingerprint density at radius 1 is 1.00 bits per heavy atom. The Hall–Kier alpha value is -1.78. The lowest BCUT2D eigenvalue weighted by atomic mass is 9.80. The van der Waals surface area contributed by atoms with Gasteiger partial charge in [0.15, 0.2) is 0 Å². The van der Waals surface area contributed by atoms with Crippen molar-refractivity contribution in [2.24, 2.45) is 0 Å². The Labute approximate surface area is 107 Å². The van der Waals surface area contributed by atoms with Crippen LogP contribution >= 0.6 is 0 Å². The first-order chi connectivity index (χ1) is 8.79. The summed E-state index contributed by atoms with van der Waals surface area (Å²) in [6.07, 6.45) is 0. The molecule has 92 valence electrons. The lowest BCUT2D eigenvalue weighted by Gasteiger charge is -2.08. The lowest BCUT2D eigenvalue weighted by Crippen LogP contribution is -2.31. The molecule has 0 unspecified atom stereocenters. The summed E-state index contributed by atoms with van der Waals surface area (Å²) in [5.74, 6) is 0.769. The minimum atomic E-state index is -0.881. The fourth-order valence-electron chi connectivity index (χ4n) is 1.61. The average Bonchev–Trinajstić information content (AvgIpc) is 2.46. The van der Waals surface area contributed by atoms with Gasteiger partial charge in [-0.2, -0.15) is 0 Å². The van der Waals surface area contributed by atoms with Crippen molar-refractivity contribution in [3.63, 3.8) is 0 Å². The molecule has 0 amide bonds. The van der Waals surface area contributed by atoms with Gasteiger partial charge >= 0.3 is 7.12 Å². The van der Waals surface area contributed by atoms with Crippen LogP contribution in [0.2, 0.25) is 0 Å². The highest BCUT2D eigenvalue weighted by Gasteiger charge is 2.13. The van der Waals surface area contributed by atoms with E-state index in [0.29, 0.717) is 12.1 Å². The molecule has 18 heavy (non-hydrogen) atoms. The Morgan fingerprint density at radius 2 is 1.67 bits per heavy atom. The van der Waals surface area contributed by atoms with Crippen LogP contribution in [0, 0.1) is 0 Å². The van der Waals surface area contributed by atoms with Gasteiger partial charge in [-0.1, -0.05) is 42.5 Å². The number of rotatable bonds is 5. The highest BCUT2D eigenvalue weighted by Crippen LogP contribution is 2.11. The van der Waals surface area contributed by atoms with Crippen LogP contribution in [0.5, 0.6) is 5.75 Å². The summed E-state index contributed by atoms with van der Waals surface area (Å²) in [6.45, 7) is 0.535. The molecule has 0 heterocycles. The Balaban J connectivity index is 1.94. The van der Waals surface area contributed by atoms with Gasteiger partial charge in [0.05, 0.1) is 0 Å². The molecule has 1 N–H and O–H groups in total. The van der Waals surface area contributed by atoms with E-state index in [2.05, 4.69) is 0 Å². The zero-order valence-electron chi connectivity index (χ0n) is 10.2. The van der Waals surface area contributed by atoms with Gasteiger partial charge in [0, 0.05) is 7.11 Å². The zero-order valence-corrected chi connectivity index (χ0v) is 10.2. The van der Waals surface area contributed by atoms with Crippen molar-refractivity contribution in [1.82, 2.24) is 0 Å². The van der Waals surface area contributed by atoms with E-state index in [1.807, 2.05) is 42.5 Å². The standard InChI is InChI=1S/C14H15BO3/c1-17-15(16)13-7-9-14(10-8-13)18-11-12-5-3-2-4-6-12/h2-10,16H,11H2,1H3. The van der Waals surface area contributed by atoms with Crippen LogP contribution in [0.4, 0.5) is 0 Å². The van der Waals surface area contributed by atoms with Crippen LogP contribution in [0.3, 0.4) is 0 Å². The number of hydrogen-bond acceptors (Lipinski definition) is 3.